The number of carbonyl (C=O) groups is 1. The number of hydrogen-bond donors (Lipinski definition) is 2. The second-order valence-corrected chi connectivity index (χ2v) is 4.96. The van der Waals surface area contributed by atoms with Crippen LogP contribution in [0.3, 0.4) is 0 Å². The Kier molecular flexibility index (Phi) is 4.35. The molecule has 0 radical (unpaired) electrons. The van der Waals surface area contributed by atoms with E-state index < -0.39 is 5.97 Å². The molecule has 0 saturated heterocycles. The van der Waals surface area contributed by atoms with E-state index in [0.29, 0.717) is 11.6 Å². The van der Waals surface area contributed by atoms with E-state index in [9.17, 15) is 4.79 Å². The van der Waals surface area contributed by atoms with Crippen molar-refractivity contribution in [3.63, 3.8) is 0 Å². The summed E-state index contributed by atoms with van der Waals surface area (Å²) in [6, 6.07) is 9.40. The van der Waals surface area contributed by atoms with Crippen molar-refractivity contribution in [2.75, 3.05) is 0 Å². The molecule has 0 aliphatic rings. The minimum Gasteiger partial charge on any atom is -0.481 e. The molecule has 1 atom stereocenters. The van der Waals surface area contributed by atoms with Gasteiger partial charge in [0.05, 0.1) is 17.6 Å². The Hall–Kier alpha value is -1.65. The molecule has 2 rings (SSSR count). The van der Waals surface area contributed by atoms with Crippen molar-refractivity contribution in [2.24, 2.45) is 0 Å². The monoisotopic (exact) mass is 278 g/mol. The van der Waals surface area contributed by atoms with Gasteiger partial charge in [0.1, 0.15) is 0 Å². The van der Waals surface area contributed by atoms with Crippen molar-refractivity contribution < 1.29 is 9.90 Å². The first-order valence-corrected chi connectivity index (χ1v) is 6.43. The summed E-state index contributed by atoms with van der Waals surface area (Å²) in [5.41, 5.74) is 1.71. The number of benzene rings is 1. The van der Waals surface area contributed by atoms with Gasteiger partial charge in [-0.1, -0.05) is 23.7 Å². The van der Waals surface area contributed by atoms with Crippen LogP contribution in [0, 0.1) is 0 Å². The fourth-order valence-corrected chi connectivity index (χ4v) is 2.01. The fourth-order valence-electron chi connectivity index (χ4n) is 1.84. The maximum absolute atomic E-state index is 10.6. The number of rotatable bonds is 5. The van der Waals surface area contributed by atoms with Crippen LogP contribution in [0.25, 0.3) is 10.9 Å². The van der Waals surface area contributed by atoms with Crippen molar-refractivity contribution >= 4 is 28.5 Å². The summed E-state index contributed by atoms with van der Waals surface area (Å²) in [5.74, 6) is -0.807. The molecule has 0 aliphatic carbocycles. The minimum atomic E-state index is -0.807. The van der Waals surface area contributed by atoms with Gasteiger partial charge in [-0.15, -0.1) is 0 Å². The molecule has 5 heteroatoms. The lowest BCUT2D eigenvalue weighted by atomic mass is 10.2. The second-order valence-electron chi connectivity index (χ2n) is 4.52. The van der Waals surface area contributed by atoms with E-state index in [1.54, 1.807) is 0 Å². The summed E-state index contributed by atoms with van der Waals surface area (Å²) in [7, 11) is 0. The van der Waals surface area contributed by atoms with Crippen LogP contribution in [0.5, 0.6) is 0 Å². The highest BCUT2D eigenvalue weighted by molar-refractivity contribution is 6.31. The molecule has 0 aliphatic heterocycles. The van der Waals surface area contributed by atoms with Crippen LogP contribution >= 0.6 is 11.6 Å². The highest BCUT2D eigenvalue weighted by atomic mass is 35.5. The summed E-state index contributed by atoms with van der Waals surface area (Å²) < 4.78 is 0. The number of halogens is 1. The molecule has 0 bridgehead atoms. The number of carboxylic acid groups (broad SMARTS) is 1. The van der Waals surface area contributed by atoms with Crippen molar-refractivity contribution in [3.8, 4) is 0 Å². The van der Waals surface area contributed by atoms with E-state index in [0.717, 1.165) is 16.6 Å². The predicted octanol–water partition coefficient (Wildman–Crippen LogP) is 2.84. The topological polar surface area (TPSA) is 62.2 Å². The molecule has 1 unspecified atom stereocenters. The van der Waals surface area contributed by atoms with E-state index >= 15 is 0 Å². The molecule has 0 amide bonds. The molecule has 19 heavy (non-hydrogen) atoms. The van der Waals surface area contributed by atoms with Crippen molar-refractivity contribution in [3.05, 3.63) is 41.0 Å². The van der Waals surface area contributed by atoms with Gasteiger partial charge in [-0.05, 0) is 25.1 Å². The number of nitrogens with zero attached hydrogens (tertiary/aromatic N) is 1. The molecule has 100 valence electrons. The SMILES string of the molecule is CC(CC(=O)O)NCc1ccc2ccc(Cl)cc2n1. The Morgan fingerprint density at radius 3 is 2.89 bits per heavy atom. The number of pyridine rings is 1. The molecule has 0 spiro atoms. The molecule has 1 aromatic carbocycles. The van der Waals surface area contributed by atoms with E-state index in [1.165, 1.54) is 0 Å². The van der Waals surface area contributed by atoms with Crippen LogP contribution < -0.4 is 5.32 Å². The zero-order valence-corrected chi connectivity index (χ0v) is 11.3. The molecule has 0 fully saturated rings. The normalized spacial score (nSPS) is 12.5. The third-order valence-electron chi connectivity index (χ3n) is 2.82. The van der Waals surface area contributed by atoms with Crippen molar-refractivity contribution in [1.29, 1.82) is 0 Å². The Morgan fingerprint density at radius 2 is 2.16 bits per heavy atom. The Balaban J connectivity index is 2.07. The average molecular weight is 279 g/mol. The Morgan fingerprint density at radius 1 is 1.42 bits per heavy atom. The summed E-state index contributed by atoms with van der Waals surface area (Å²) in [4.78, 5) is 15.1. The largest absolute Gasteiger partial charge is 0.481 e. The lowest BCUT2D eigenvalue weighted by molar-refractivity contribution is -0.137. The maximum atomic E-state index is 10.6. The highest BCUT2D eigenvalue weighted by Crippen LogP contribution is 2.17. The maximum Gasteiger partial charge on any atom is 0.304 e. The van der Waals surface area contributed by atoms with Crippen LogP contribution in [0.15, 0.2) is 30.3 Å². The number of hydrogen-bond acceptors (Lipinski definition) is 3. The highest BCUT2D eigenvalue weighted by Gasteiger charge is 2.07. The number of nitrogens with one attached hydrogen (secondary N) is 1. The van der Waals surface area contributed by atoms with E-state index in [-0.39, 0.29) is 12.5 Å². The second kappa shape index (κ2) is 5.99. The van der Waals surface area contributed by atoms with Crippen LogP contribution in [0.2, 0.25) is 5.02 Å². The van der Waals surface area contributed by atoms with Crippen molar-refractivity contribution in [2.45, 2.75) is 25.9 Å². The average Bonchev–Trinajstić information content (AvgIpc) is 2.35. The summed E-state index contributed by atoms with van der Waals surface area (Å²) in [5, 5.41) is 13.5. The lowest BCUT2D eigenvalue weighted by Crippen LogP contribution is -2.28. The van der Waals surface area contributed by atoms with Gasteiger partial charge in [0.15, 0.2) is 0 Å². The molecular formula is C14H15ClN2O2. The van der Waals surface area contributed by atoms with Crippen LogP contribution in [-0.4, -0.2) is 22.1 Å². The van der Waals surface area contributed by atoms with Crippen LogP contribution in [-0.2, 0) is 11.3 Å². The predicted molar refractivity (Wildman–Crippen MR) is 75.3 cm³/mol. The van der Waals surface area contributed by atoms with Crippen LogP contribution in [0.4, 0.5) is 0 Å². The lowest BCUT2D eigenvalue weighted by Gasteiger charge is -2.11. The van der Waals surface area contributed by atoms with Gasteiger partial charge >= 0.3 is 5.97 Å². The first-order chi connectivity index (χ1) is 9.04. The minimum absolute atomic E-state index is 0.0886. The van der Waals surface area contributed by atoms with Gasteiger partial charge in [-0.25, -0.2) is 0 Å². The van der Waals surface area contributed by atoms with Crippen LogP contribution in [0.1, 0.15) is 19.0 Å². The Bertz CT molecular complexity index is 601. The number of aromatic nitrogens is 1. The van der Waals surface area contributed by atoms with Gasteiger partial charge in [0, 0.05) is 23.0 Å². The van der Waals surface area contributed by atoms with E-state index in [2.05, 4.69) is 10.3 Å². The van der Waals surface area contributed by atoms with Gasteiger partial charge in [0.25, 0.3) is 0 Å². The standard InChI is InChI=1S/C14H15ClN2O2/c1-9(6-14(18)19)16-8-12-5-3-10-2-4-11(15)7-13(10)17-12/h2-5,7,9,16H,6,8H2,1H3,(H,18,19). The smallest absolute Gasteiger partial charge is 0.304 e. The number of aliphatic carboxylic acids is 1. The zero-order chi connectivity index (χ0) is 13.8. The molecule has 1 heterocycles. The number of fused-ring (bicyclic) bond motifs is 1. The number of carboxylic acids is 1. The third kappa shape index (κ3) is 3.91. The molecule has 0 saturated carbocycles. The van der Waals surface area contributed by atoms with Gasteiger partial charge in [-0.2, -0.15) is 0 Å². The van der Waals surface area contributed by atoms with E-state index in [1.807, 2.05) is 37.3 Å². The molecule has 2 aromatic rings. The summed E-state index contributed by atoms with van der Waals surface area (Å²) >= 11 is 5.93. The quantitative estimate of drug-likeness (QED) is 0.883. The first-order valence-electron chi connectivity index (χ1n) is 6.05. The van der Waals surface area contributed by atoms with Crippen molar-refractivity contribution in [1.82, 2.24) is 10.3 Å². The van der Waals surface area contributed by atoms with Gasteiger partial charge < -0.3 is 10.4 Å². The third-order valence-corrected chi connectivity index (χ3v) is 3.06. The summed E-state index contributed by atoms with van der Waals surface area (Å²) in [6.45, 7) is 2.38. The molecule has 4 nitrogen and oxygen atoms in total. The molecule has 1 aromatic heterocycles. The molecule has 2 N–H and O–H groups in total. The first kappa shape index (κ1) is 13.8. The Labute approximate surface area is 116 Å². The molecular weight excluding hydrogens is 264 g/mol. The fraction of sp³-hybridized carbons (Fsp3) is 0.286. The van der Waals surface area contributed by atoms with Gasteiger partial charge in [-0.3, -0.25) is 9.78 Å². The van der Waals surface area contributed by atoms with Gasteiger partial charge in [0.2, 0.25) is 0 Å². The summed E-state index contributed by atoms with van der Waals surface area (Å²) in [6.07, 6.45) is 0.0966. The van der Waals surface area contributed by atoms with E-state index in [4.69, 9.17) is 16.7 Å². The zero-order valence-electron chi connectivity index (χ0n) is 10.6.